The number of hydrogen-bond donors (Lipinski definition) is 1. The molecule has 0 amide bonds. The summed E-state index contributed by atoms with van der Waals surface area (Å²) in [6, 6.07) is 2.03. The highest BCUT2D eigenvalue weighted by Crippen LogP contribution is 2.00. The normalized spacial score (nSPS) is 10.2. The fraction of sp³-hybridized carbons (Fsp3) is 0.556. The summed E-state index contributed by atoms with van der Waals surface area (Å²) in [4.78, 5) is 8.67. The summed E-state index contributed by atoms with van der Waals surface area (Å²) in [5.74, 6) is 0.884. The van der Waals surface area contributed by atoms with Crippen molar-refractivity contribution in [3.8, 4) is 0 Å². The van der Waals surface area contributed by atoms with Gasteiger partial charge in [0.1, 0.15) is 5.82 Å². The Morgan fingerprint density at radius 2 is 2.17 bits per heavy atom. The fourth-order valence-electron chi connectivity index (χ4n) is 1.12. The molecule has 12 heavy (non-hydrogen) atoms. The quantitative estimate of drug-likeness (QED) is 0.728. The molecule has 0 aliphatic carbocycles. The highest BCUT2D eigenvalue weighted by molar-refractivity contribution is 5.09. The van der Waals surface area contributed by atoms with E-state index in [2.05, 4.69) is 22.2 Å². The Labute approximate surface area is 73.2 Å². The lowest BCUT2D eigenvalue weighted by Crippen LogP contribution is -2.10. The van der Waals surface area contributed by atoms with Crippen LogP contribution >= 0.6 is 0 Å². The Balaban J connectivity index is 2.90. The van der Waals surface area contributed by atoms with Crippen LogP contribution in [-0.4, -0.2) is 17.0 Å². The molecule has 1 rings (SSSR count). The molecule has 3 nitrogen and oxygen atoms in total. The topological polar surface area (TPSA) is 37.8 Å². The van der Waals surface area contributed by atoms with Crippen LogP contribution in [-0.2, 0) is 13.0 Å². The Morgan fingerprint density at radius 3 is 2.75 bits per heavy atom. The van der Waals surface area contributed by atoms with Gasteiger partial charge in [0.15, 0.2) is 0 Å². The van der Waals surface area contributed by atoms with E-state index in [-0.39, 0.29) is 0 Å². The Kier molecular flexibility index (Phi) is 3.17. The molecule has 0 aromatic carbocycles. The third-order valence-corrected chi connectivity index (χ3v) is 1.65. The monoisotopic (exact) mass is 165 g/mol. The minimum atomic E-state index is 0.745. The molecule has 1 aromatic rings. The van der Waals surface area contributed by atoms with Gasteiger partial charge in [-0.3, -0.25) is 0 Å². The zero-order chi connectivity index (χ0) is 8.97. The number of aromatic nitrogens is 2. The zero-order valence-electron chi connectivity index (χ0n) is 7.89. The van der Waals surface area contributed by atoms with E-state index in [1.54, 1.807) is 0 Å². The van der Waals surface area contributed by atoms with E-state index in [1.807, 2.05) is 20.0 Å². The van der Waals surface area contributed by atoms with Crippen molar-refractivity contribution >= 4 is 0 Å². The smallest absolute Gasteiger partial charge is 0.142 e. The van der Waals surface area contributed by atoms with Crippen LogP contribution in [0.2, 0.25) is 0 Å². The molecule has 3 heteroatoms. The van der Waals surface area contributed by atoms with E-state index >= 15 is 0 Å². The molecular weight excluding hydrogens is 150 g/mol. The van der Waals surface area contributed by atoms with E-state index in [0.29, 0.717) is 0 Å². The second-order valence-corrected chi connectivity index (χ2v) is 2.80. The molecule has 1 aromatic heterocycles. The average Bonchev–Trinajstić information content (AvgIpc) is 2.04. The second-order valence-electron chi connectivity index (χ2n) is 2.80. The van der Waals surface area contributed by atoms with Gasteiger partial charge in [0.05, 0.1) is 6.54 Å². The molecule has 0 unspecified atom stereocenters. The predicted octanol–water partition coefficient (Wildman–Crippen LogP) is 1.07. The van der Waals surface area contributed by atoms with Crippen molar-refractivity contribution in [2.75, 3.05) is 7.05 Å². The lowest BCUT2D eigenvalue weighted by atomic mass is 10.3. The summed E-state index contributed by atoms with van der Waals surface area (Å²) in [7, 11) is 1.90. The molecule has 0 atom stereocenters. The maximum Gasteiger partial charge on any atom is 0.142 e. The number of hydrogen-bond acceptors (Lipinski definition) is 3. The first-order chi connectivity index (χ1) is 5.76. The summed E-state index contributed by atoms with van der Waals surface area (Å²) in [6.07, 6.45) is 0.972. The average molecular weight is 165 g/mol. The van der Waals surface area contributed by atoms with E-state index in [9.17, 15) is 0 Å². The van der Waals surface area contributed by atoms with Crippen molar-refractivity contribution in [3.63, 3.8) is 0 Å². The Hall–Kier alpha value is -0.960. The standard InChI is InChI=1S/C9H15N3/c1-4-8-5-7(2)11-9(12-8)6-10-3/h5,10H,4,6H2,1-3H3. The van der Waals surface area contributed by atoms with Crippen LogP contribution < -0.4 is 5.32 Å². The van der Waals surface area contributed by atoms with E-state index in [0.717, 1.165) is 30.2 Å². The Bertz CT molecular complexity index is 258. The van der Waals surface area contributed by atoms with Crippen molar-refractivity contribution in [1.29, 1.82) is 0 Å². The van der Waals surface area contributed by atoms with Gasteiger partial charge >= 0.3 is 0 Å². The van der Waals surface area contributed by atoms with Crippen molar-refractivity contribution in [2.24, 2.45) is 0 Å². The van der Waals surface area contributed by atoms with Gasteiger partial charge in [-0.15, -0.1) is 0 Å². The molecule has 0 saturated carbocycles. The highest BCUT2D eigenvalue weighted by Gasteiger charge is 1.98. The summed E-state index contributed by atoms with van der Waals surface area (Å²) >= 11 is 0. The van der Waals surface area contributed by atoms with Crippen molar-refractivity contribution in [3.05, 3.63) is 23.3 Å². The summed E-state index contributed by atoms with van der Waals surface area (Å²) in [5, 5.41) is 3.04. The third-order valence-electron chi connectivity index (χ3n) is 1.65. The first-order valence-corrected chi connectivity index (χ1v) is 4.24. The maximum absolute atomic E-state index is 4.37. The van der Waals surface area contributed by atoms with Crippen LogP contribution in [0.5, 0.6) is 0 Å². The molecule has 66 valence electrons. The lowest BCUT2D eigenvalue weighted by molar-refractivity contribution is 0.741. The molecule has 1 N–H and O–H groups in total. The minimum absolute atomic E-state index is 0.745. The van der Waals surface area contributed by atoms with E-state index in [1.165, 1.54) is 0 Å². The van der Waals surface area contributed by atoms with Crippen LogP contribution in [0.3, 0.4) is 0 Å². The first-order valence-electron chi connectivity index (χ1n) is 4.24. The Morgan fingerprint density at radius 1 is 1.42 bits per heavy atom. The maximum atomic E-state index is 4.37. The molecule has 0 bridgehead atoms. The van der Waals surface area contributed by atoms with Crippen molar-refractivity contribution in [2.45, 2.75) is 26.8 Å². The van der Waals surface area contributed by atoms with Crippen LogP contribution in [0.15, 0.2) is 6.07 Å². The van der Waals surface area contributed by atoms with Gasteiger partial charge in [-0.1, -0.05) is 6.92 Å². The minimum Gasteiger partial charge on any atom is -0.313 e. The number of nitrogens with one attached hydrogen (secondary N) is 1. The molecule has 0 aliphatic rings. The summed E-state index contributed by atoms with van der Waals surface area (Å²) in [6.45, 7) is 4.85. The van der Waals surface area contributed by atoms with Gasteiger partial charge in [-0.2, -0.15) is 0 Å². The molecule has 0 radical (unpaired) electrons. The van der Waals surface area contributed by atoms with Gasteiger partial charge in [0, 0.05) is 11.4 Å². The predicted molar refractivity (Wildman–Crippen MR) is 48.9 cm³/mol. The van der Waals surface area contributed by atoms with Crippen LogP contribution in [0, 0.1) is 6.92 Å². The van der Waals surface area contributed by atoms with Crippen LogP contribution in [0.25, 0.3) is 0 Å². The van der Waals surface area contributed by atoms with Crippen molar-refractivity contribution in [1.82, 2.24) is 15.3 Å². The second kappa shape index (κ2) is 4.16. The number of nitrogens with zero attached hydrogens (tertiary/aromatic N) is 2. The number of rotatable bonds is 3. The van der Waals surface area contributed by atoms with Crippen LogP contribution in [0.1, 0.15) is 24.1 Å². The van der Waals surface area contributed by atoms with E-state index in [4.69, 9.17) is 0 Å². The number of aryl methyl sites for hydroxylation is 2. The van der Waals surface area contributed by atoms with E-state index < -0.39 is 0 Å². The largest absolute Gasteiger partial charge is 0.313 e. The van der Waals surface area contributed by atoms with Gasteiger partial charge in [0.25, 0.3) is 0 Å². The molecular formula is C9H15N3. The molecule has 0 aliphatic heterocycles. The summed E-state index contributed by atoms with van der Waals surface area (Å²) in [5.41, 5.74) is 2.17. The first kappa shape index (κ1) is 9.13. The van der Waals surface area contributed by atoms with Crippen LogP contribution in [0.4, 0.5) is 0 Å². The molecule has 0 spiro atoms. The lowest BCUT2D eigenvalue weighted by Gasteiger charge is -2.02. The molecule has 0 saturated heterocycles. The molecule has 0 fully saturated rings. The van der Waals surface area contributed by atoms with Crippen molar-refractivity contribution < 1.29 is 0 Å². The zero-order valence-corrected chi connectivity index (χ0v) is 7.89. The van der Waals surface area contributed by atoms with Gasteiger partial charge in [0.2, 0.25) is 0 Å². The van der Waals surface area contributed by atoms with Gasteiger partial charge in [-0.05, 0) is 26.5 Å². The van der Waals surface area contributed by atoms with Gasteiger partial charge in [-0.25, -0.2) is 9.97 Å². The third kappa shape index (κ3) is 2.27. The highest BCUT2D eigenvalue weighted by atomic mass is 15.0. The van der Waals surface area contributed by atoms with Gasteiger partial charge < -0.3 is 5.32 Å². The SMILES string of the molecule is CCc1cc(C)nc(CNC)n1. The molecule has 1 heterocycles. The fourth-order valence-corrected chi connectivity index (χ4v) is 1.12. The summed E-state index contributed by atoms with van der Waals surface area (Å²) < 4.78 is 0.